The lowest BCUT2D eigenvalue weighted by atomic mass is 10.0. The normalized spacial score (nSPS) is 12.3. The van der Waals surface area contributed by atoms with Gasteiger partial charge in [0.05, 0.1) is 6.04 Å². The first kappa shape index (κ1) is 15.0. The molecule has 0 aliphatic heterocycles. The van der Waals surface area contributed by atoms with Crippen LogP contribution in [-0.4, -0.2) is 0 Å². The zero-order chi connectivity index (χ0) is 14.9. The summed E-state index contributed by atoms with van der Waals surface area (Å²) in [5.74, 6) is -0.193. The SMILES string of the molecule is Cc1cc(C)c(NC(C)c2ccc(Br)cc2F)c(C)c1. The highest BCUT2D eigenvalue weighted by molar-refractivity contribution is 9.10. The van der Waals surface area contributed by atoms with E-state index in [0.29, 0.717) is 5.56 Å². The number of rotatable bonds is 3. The van der Waals surface area contributed by atoms with Crippen molar-refractivity contribution in [2.45, 2.75) is 33.7 Å². The van der Waals surface area contributed by atoms with Crippen LogP contribution in [0.3, 0.4) is 0 Å². The van der Waals surface area contributed by atoms with E-state index in [4.69, 9.17) is 0 Å². The van der Waals surface area contributed by atoms with Crippen LogP contribution >= 0.6 is 15.9 Å². The summed E-state index contributed by atoms with van der Waals surface area (Å²) in [7, 11) is 0. The highest BCUT2D eigenvalue weighted by Crippen LogP contribution is 2.28. The highest BCUT2D eigenvalue weighted by Gasteiger charge is 2.13. The first-order valence-electron chi connectivity index (χ1n) is 6.68. The van der Waals surface area contributed by atoms with Crippen molar-refractivity contribution in [3.8, 4) is 0 Å². The van der Waals surface area contributed by atoms with Crippen LogP contribution in [0.5, 0.6) is 0 Å². The van der Waals surface area contributed by atoms with E-state index in [1.807, 2.05) is 19.1 Å². The van der Waals surface area contributed by atoms with E-state index in [2.05, 4.69) is 54.2 Å². The fourth-order valence-electron chi connectivity index (χ4n) is 2.55. The van der Waals surface area contributed by atoms with Crippen molar-refractivity contribution >= 4 is 21.6 Å². The molecule has 0 heterocycles. The third-order valence-electron chi connectivity index (χ3n) is 3.47. The number of anilines is 1. The Kier molecular flexibility index (Phi) is 4.48. The summed E-state index contributed by atoms with van der Waals surface area (Å²) >= 11 is 3.28. The van der Waals surface area contributed by atoms with Crippen LogP contribution in [0.25, 0.3) is 0 Å². The van der Waals surface area contributed by atoms with Gasteiger partial charge < -0.3 is 5.32 Å². The summed E-state index contributed by atoms with van der Waals surface area (Å²) < 4.78 is 14.8. The average molecular weight is 336 g/mol. The molecule has 0 bridgehead atoms. The largest absolute Gasteiger partial charge is 0.378 e. The van der Waals surface area contributed by atoms with Crippen molar-refractivity contribution in [3.63, 3.8) is 0 Å². The van der Waals surface area contributed by atoms with Gasteiger partial charge in [-0.05, 0) is 51.0 Å². The topological polar surface area (TPSA) is 12.0 Å². The zero-order valence-corrected chi connectivity index (χ0v) is 13.8. The number of benzene rings is 2. The Balaban J connectivity index is 2.30. The molecule has 2 aromatic carbocycles. The van der Waals surface area contributed by atoms with Crippen molar-refractivity contribution in [1.82, 2.24) is 0 Å². The van der Waals surface area contributed by atoms with Gasteiger partial charge in [-0.25, -0.2) is 4.39 Å². The molecule has 0 spiro atoms. The van der Waals surface area contributed by atoms with Gasteiger partial charge in [0, 0.05) is 15.7 Å². The van der Waals surface area contributed by atoms with Gasteiger partial charge in [-0.1, -0.05) is 39.7 Å². The third kappa shape index (κ3) is 3.21. The van der Waals surface area contributed by atoms with Crippen LogP contribution in [0, 0.1) is 26.6 Å². The maximum absolute atomic E-state index is 14.0. The van der Waals surface area contributed by atoms with Crippen molar-refractivity contribution in [2.24, 2.45) is 0 Å². The molecule has 0 radical (unpaired) electrons. The molecule has 3 heteroatoms. The quantitative estimate of drug-likeness (QED) is 0.760. The summed E-state index contributed by atoms with van der Waals surface area (Å²) in [6, 6.07) is 9.38. The Morgan fingerprint density at radius 2 is 1.65 bits per heavy atom. The van der Waals surface area contributed by atoms with Crippen LogP contribution in [0.15, 0.2) is 34.8 Å². The fraction of sp³-hybridized carbons (Fsp3) is 0.294. The average Bonchev–Trinajstić information content (AvgIpc) is 2.33. The zero-order valence-electron chi connectivity index (χ0n) is 12.2. The second-order valence-electron chi connectivity index (χ2n) is 5.31. The van der Waals surface area contributed by atoms with Crippen LogP contribution in [-0.2, 0) is 0 Å². The summed E-state index contributed by atoms with van der Waals surface area (Å²) in [6.07, 6.45) is 0. The minimum Gasteiger partial charge on any atom is -0.378 e. The predicted molar refractivity (Wildman–Crippen MR) is 86.8 cm³/mol. The number of nitrogens with one attached hydrogen (secondary N) is 1. The molecule has 0 aliphatic rings. The monoisotopic (exact) mass is 335 g/mol. The van der Waals surface area contributed by atoms with Crippen LogP contribution < -0.4 is 5.32 Å². The van der Waals surface area contributed by atoms with E-state index in [0.717, 1.165) is 10.2 Å². The van der Waals surface area contributed by atoms with Crippen LogP contribution in [0.2, 0.25) is 0 Å². The van der Waals surface area contributed by atoms with Gasteiger partial charge in [-0.2, -0.15) is 0 Å². The minimum absolute atomic E-state index is 0.0804. The van der Waals surface area contributed by atoms with Gasteiger partial charge in [0.25, 0.3) is 0 Å². The van der Waals surface area contributed by atoms with Gasteiger partial charge in [0.1, 0.15) is 5.82 Å². The maximum atomic E-state index is 14.0. The molecule has 2 aromatic rings. The van der Waals surface area contributed by atoms with Crippen LogP contribution in [0.1, 0.15) is 35.2 Å². The van der Waals surface area contributed by atoms with Crippen molar-refractivity contribution < 1.29 is 4.39 Å². The fourth-order valence-corrected chi connectivity index (χ4v) is 2.89. The Labute approximate surface area is 128 Å². The summed E-state index contributed by atoms with van der Waals surface area (Å²) in [4.78, 5) is 0. The molecule has 106 valence electrons. The molecule has 20 heavy (non-hydrogen) atoms. The summed E-state index contributed by atoms with van der Waals surface area (Å²) in [5, 5.41) is 3.43. The Bertz CT molecular complexity index is 614. The first-order chi connectivity index (χ1) is 9.38. The molecule has 2 rings (SSSR count). The van der Waals surface area contributed by atoms with Crippen molar-refractivity contribution in [3.05, 3.63) is 62.9 Å². The van der Waals surface area contributed by atoms with Crippen molar-refractivity contribution in [1.29, 1.82) is 0 Å². The van der Waals surface area contributed by atoms with E-state index in [1.54, 1.807) is 0 Å². The molecular formula is C17H19BrFN. The smallest absolute Gasteiger partial charge is 0.129 e. The molecule has 1 unspecified atom stereocenters. The molecule has 1 atom stereocenters. The molecule has 0 saturated heterocycles. The summed E-state index contributed by atoms with van der Waals surface area (Å²) in [6.45, 7) is 8.21. The van der Waals surface area contributed by atoms with Gasteiger partial charge in [-0.3, -0.25) is 0 Å². The molecule has 0 saturated carbocycles. The van der Waals surface area contributed by atoms with E-state index >= 15 is 0 Å². The minimum atomic E-state index is -0.193. The van der Waals surface area contributed by atoms with Gasteiger partial charge in [0.2, 0.25) is 0 Å². The Morgan fingerprint density at radius 1 is 1.05 bits per heavy atom. The molecule has 0 amide bonds. The second kappa shape index (κ2) is 5.96. The molecule has 0 aromatic heterocycles. The Morgan fingerprint density at radius 3 is 2.20 bits per heavy atom. The van der Waals surface area contributed by atoms with E-state index < -0.39 is 0 Å². The Hall–Kier alpha value is -1.35. The van der Waals surface area contributed by atoms with E-state index in [1.165, 1.54) is 22.8 Å². The number of hydrogen-bond acceptors (Lipinski definition) is 1. The van der Waals surface area contributed by atoms with E-state index in [-0.39, 0.29) is 11.9 Å². The lowest BCUT2D eigenvalue weighted by Gasteiger charge is -2.20. The predicted octanol–water partition coefficient (Wildman–Crippen LogP) is 5.69. The van der Waals surface area contributed by atoms with Crippen LogP contribution in [0.4, 0.5) is 10.1 Å². The first-order valence-corrected chi connectivity index (χ1v) is 7.47. The number of aryl methyl sites for hydroxylation is 3. The lowest BCUT2D eigenvalue weighted by molar-refractivity contribution is 0.599. The molecular weight excluding hydrogens is 317 g/mol. The molecule has 1 nitrogen and oxygen atoms in total. The van der Waals surface area contributed by atoms with E-state index in [9.17, 15) is 4.39 Å². The van der Waals surface area contributed by atoms with Gasteiger partial charge in [0.15, 0.2) is 0 Å². The number of halogens is 2. The van der Waals surface area contributed by atoms with Gasteiger partial charge >= 0.3 is 0 Å². The number of hydrogen-bond donors (Lipinski definition) is 1. The van der Waals surface area contributed by atoms with Crippen molar-refractivity contribution in [2.75, 3.05) is 5.32 Å². The maximum Gasteiger partial charge on any atom is 0.129 e. The second-order valence-corrected chi connectivity index (χ2v) is 6.22. The lowest BCUT2D eigenvalue weighted by Crippen LogP contribution is -2.10. The molecule has 1 N–H and O–H groups in total. The standard InChI is InChI=1S/C17H19BrFN/c1-10-7-11(2)17(12(3)8-10)20-13(4)15-6-5-14(18)9-16(15)19/h5-9,13,20H,1-4H3. The highest BCUT2D eigenvalue weighted by atomic mass is 79.9. The summed E-state index contributed by atoms with van der Waals surface area (Å²) in [5.41, 5.74) is 5.38. The molecule has 0 aliphatic carbocycles. The molecule has 0 fully saturated rings. The third-order valence-corrected chi connectivity index (χ3v) is 3.96. The van der Waals surface area contributed by atoms with Gasteiger partial charge in [-0.15, -0.1) is 0 Å².